The van der Waals surface area contributed by atoms with Crippen LogP contribution in [-0.4, -0.2) is 120 Å². The van der Waals surface area contributed by atoms with Crippen molar-refractivity contribution < 1.29 is 42.9 Å². The van der Waals surface area contributed by atoms with Crippen LogP contribution < -0.4 is 15.4 Å². The molecule has 0 bridgehead atoms. The van der Waals surface area contributed by atoms with Crippen molar-refractivity contribution in [3.63, 3.8) is 0 Å². The number of carbonyl (C=O) groups is 4. The van der Waals surface area contributed by atoms with Gasteiger partial charge in [0.05, 0.1) is 61.9 Å². The molecule has 4 amide bonds. The van der Waals surface area contributed by atoms with Crippen molar-refractivity contribution in [3.8, 4) is 28.1 Å². The summed E-state index contributed by atoms with van der Waals surface area (Å²) in [5, 5.41) is 7.44. The molecule has 5 aromatic rings. The second-order valence-electron chi connectivity index (χ2n) is 17.5. The third-order valence-electron chi connectivity index (χ3n) is 13.6. The average molecular weight is 893 g/mol. The minimum atomic E-state index is -0.925. The molecule has 0 aliphatic carbocycles. The summed E-state index contributed by atoms with van der Waals surface area (Å²) in [7, 11) is 5.76. The molecule has 65 heavy (non-hydrogen) atoms. The van der Waals surface area contributed by atoms with Crippen molar-refractivity contribution in [2.24, 2.45) is 11.8 Å². The average Bonchev–Trinajstić information content (AvgIpc) is 4.15. The monoisotopic (exact) mass is 892 g/mol. The van der Waals surface area contributed by atoms with Gasteiger partial charge in [-0.3, -0.25) is 9.59 Å². The molecule has 2 aromatic heterocycles. The lowest BCUT2D eigenvalue weighted by atomic mass is 9.92. The highest BCUT2D eigenvalue weighted by Gasteiger charge is 2.44. The van der Waals surface area contributed by atoms with E-state index in [0.29, 0.717) is 57.1 Å². The summed E-state index contributed by atoms with van der Waals surface area (Å²) < 4.78 is 27.3. The predicted octanol–water partition coefficient (Wildman–Crippen LogP) is 7.17. The Morgan fingerprint density at radius 1 is 0.877 bits per heavy atom. The largest absolute Gasteiger partial charge is 0.488 e. The van der Waals surface area contributed by atoms with Gasteiger partial charge in [-0.05, 0) is 84.9 Å². The highest BCUT2D eigenvalue weighted by Crippen LogP contribution is 2.44. The molecule has 2 saturated heterocycles. The normalized spacial score (nSPS) is 21.0. The summed E-state index contributed by atoms with van der Waals surface area (Å²) in [5.74, 6) is 1.68. The van der Waals surface area contributed by atoms with E-state index in [1.807, 2.05) is 43.6 Å². The number of nitrogens with one attached hydrogen (secondary N) is 4. The van der Waals surface area contributed by atoms with Gasteiger partial charge in [-0.25, -0.2) is 19.6 Å². The predicted molar refractivity (Wildman–Crippen MR) is 243 cm³/mol. The molecular weight excluding hydrogens is 833 g/mol. The van der Waals surface area contributed by atoms with E-state index in [2.05, 4.69) is 57.0 Å². The first-order valence-electron chi connectivity index (χ1n) is 22.5. The van der Waals surface area contributed by atoms with E-state index in [0.717, 1.165) is 61.9 Å². The molecule has 3 aliphatic rings. The number of hydrogen-bond donors (Lipinski definition) is 4. The van der Waals surface area contributed by atoms with Crippen LogP contribution in [0.3, 0.4) is 0 Å². The zero-order chi connectivity index (χ0) is 46.1. The zero-order valence-electron chi connectivity index (χ0n) is 38.4. The number of ether oxygens (including phenoxy) is 5. The van der Waals surface area contributed by atoms with E-state index in [1.54, 1.807) is 13.3 Å². The second-order valence-corrected chi connectivity index (χ2v) is 17.5. The summed E-state index contributed by atoms with van der Waals surface area (Å²) in [6.07, 6.45) is 3.29. The molecule has 8 rings (SSSR count). The number of likely N-dealkylation sites (tertiary alicyclic amines) is 2. The van der Waals surface area contributed by atoms with Gasteiger partial charge in [0.25, 0.3) is 0 Å². The summed E-state index contributed by atoms with van der Waals surface area (Å²) in [5.41, 5.74) is 6.45. The molecule has 0 spiro atoms. The first kappa shape index (κ1) is 45.4. The number of rotatable bonds is 14. The van der Waals surface area contributed by atoms with Gasteiger partial charge in [-0.1, -0.05) is 45.4 Å². The van der Waals surface area contributed by atoms with Crippen LogP contribution in [0.2, 0.25) is 0 Å². The number of imidazole rings is 2. The molecule has 3 aromatic carbocycles. The molecule has 2 unspecified atom stereocenters. The lowest BCUT2D eigenvalue weighted by Crippen LogP contribution is -2.55. The van der Waals surface area contributed by atoms with Crippen LogP contribution in [0.5, 0.6) is 5.75 Å². The zero-order valence-corrected chi connectivity index (χ0v) is 38.4. The van der Waals surface area contributed by atoms with Crippen LogP contribution in [0.25, 0.3) is 44.2 Å². The summed E-state index contributed by atoms with van der Waals surface area (Å²) in [6, 6.07) is 12.1. The third-order valence-corrected chi connectivity index (χ3v) is 13.6. The molecule has 2 fully saturated rings. The molecule has 3 aliphatic heterocycles. The fourth-order valence-corrected chi connectivity index (χ4v) is 9.94. The maximum absolute atomic E-state index is 14.2. The minimum Gasteiger partial charge on any atom is -0.488 e. The molecule has 17 nitrogen and oxygen atoms in total. The lowest BCUT2D eigenvalue weighted by molar-refractivity contribution is -0.140. The van der Waals surface area contributed by atoms with E-state index < -0.39 is 30.4 Å². The maximum Gasteiger partial charge on any atom is 0.407 e. The molecular formula is C48H60N8O9. The highest BCUT2D eigenvalue weighted by molar-refractivity contribution is 6.07. The standard InChI is InChI=1S/C48H60N8O9/c1-9-25(3)40(53-47(59)63-7)45(57)55-22-27(23-61-5)17-37(55)43-49-21-35(51-43)29-12-14-31-30(18-29)24-65-39-20-32-28(19-33(31)39)13-15-34-41(32)52-44(50-34)36-16-11-26(4)56(36)46(58)42(38(10-2)62-6)54-48(60)64-8/h12-15,18-21,25-27,36-38,40,42H,9-11,16-17,22-24H2,1-8H3,(H,49,51)(H,50,52)(H,53,59)(H,54,60)/t25-,26-,27-,36?,37?,38+,40-,42-/m0/s1. The topological polar surface area (TPSA) is 202 Å². The van der Waals surface area contributed by atoms with Crippen molar-refractivity contribution >= 4 is 45.8 Å². The molecule has 346 valence electrons. The minimum absolute atomic E-state index is 0.0853. The Kier molecular flexibility index (Phi) is 13.3. The number of methoxy groups -OCH3 is 4. The van der Waals surface area contributed by atoms with Crippen molar-refractivity contribution in [2.45, 2.75) is 103 Å². The quantitative estimate of drug-likeness (QED) is 0.0880. The van der Waals surface area contributed by atoms with Gasteiger partial charge in [-0.2, -0.15) is 0 Å². The van der Waals surface area contributed by atoms with E-state index in [9.17, 15) is 19.2 Å². The Bertz CT molecular complexity index is 2570. The van der Waals surface area contributed by atoms with Gasteiger partial charge in [-0.15, -0.1) is 0 Å². The van der Waals surface area contributed by atoms with Crippen molar-refractivity contribution in [2.75, 3.05) is 41.6 Å². The van der Waals surface area contributed by atoms with Crippen LogP contribution in [0.4, 0.5) is 9.59 Å². The number of H-pyrrole nitrogens is 2. The van der Waals surface area contributed by atoms with Gasteiger partial charge in [0, 0.05) is 43.7 Å². The smallest absolute Gasteiger partial charge is 0.407 e. The number of amides is 4. The van der Waals surface area contributed by atoms with Gasteiger partial charge < -0.3 is 54.1 Å². The maximum atomic E-state index is 14.2. The summed E-state index contributed by atoms with van der Waals surface area (Å²) >= 11 is 0. The van der Waals surface area contributed by atoms with Crippen LogP contribution in [0.1, 0.15) is 89.1 Å². The molecule has 8 atom stereocenters. The SMILES string of the molecule is CC[C@H](C)[C@H](NC(=O)OC)C(=O)N1C[C@@H](COC)CC1c1ncc(-c2ccc3c(c2)COc2cc4c(ccc5nc(C6CC[C@H](C)N6C(=O)[C@@H](NC(=O)OC)[C@@H](CC)OC)[nH]c54)cc2-3)[nH]1. The summed E-state index contributed by atoms with van der Waals surface area (Å²) in [6.45, 7) is 9.20. The molecule has 0 radical (unpaired) electrons. The van der Waals surface area contributed by atoms with Gasteiger partial charge in [0.2, 0.25) is 11.8 Å². The second kappa shape index (κ2) is 19.1. The van der Waals surface area contributed by atoms with Gasteiger partial charge in [0.1, 0.15) is 36.1 Å². The number of carbonyl (C=O) groups excluding carboxylic acids is 4. The third kappa shape index (κ3) is 8.70. The van der Waals surface area contributed by atoms with E-state index in [-0.39, 0.29) is 41.8 Å². The Morgan fingerprint density at radius 3 is 2.35 bits per heavy atom. The van der Waals surface area contributed by atoms with E-state index in [4.69, 9.17) is 33.7 Å². The van der Waals surface area contributed by atoms with Crippen LogP contribution in [0, 0.1) is 11.8 Å². The number of aromatic nitrogens is 4. The summed E-state index contributed by atoms with van der Waals surface area (Å²) in [4.78, 5) is 73.5. The number of hydrogen-bond acceptors (Lipinski definition) is 11. The van der Waals surface area contributed by atoms with Crippen molar-refractivity contribution in [1.29, 1.82) is 0 Å². The number of benzene rings is 3. The Labute approximate surface area is 378 Å². The van der Waals surface area contributed by atoms with Gasteiger partial charge in [0.15, 0.2) is 0 Å². The fraction of sp³-hybridized carbons (Fsp3) is 0.500. The first-order chi connectivity index (χ1) is 31.4. The molecule has 5 heterocycles. The number of alkyl carbamates (subject to hydrolysis) is 2. The fourth-order valence-electron chi connectivity index (χ4n) is 9.94. The van der Waals surface area contributed by atoms with Crippen molar-refractivity contribution in [3.05, 3.63) is 65.9 Å². The molecule has 17 heteroatoms. The van der Waals surface area contributed by atoms with Gasteiger partial charge >= 0.3 is 12.2 Å². The Morgan fingerprint density at radius 2 is 1.65 bits per heavy atom. The lowest BCUT2D eigenvalue weighted by Gasteiger charge is -2.34. The van der Waals surface area contributed by atoms with Crippen LogP contribution in [0.15, 0.2) is 48.7 Å². The first-order valence-corrected chi connectivity index (χ1v) is 22.5. The van der Waals surface area contributed by atoms with E-state index in [1.165, 1.54) is 21.3 Å². The van der Waals surface area contributed by atoms with Crippen molar-refractivity contribution in [1.82, 2.24) is 40.4 Å². The van der Waals surface area contributed by atoms with Crippen LogP contribution in [-0.2, 0) is 35.1 Å². The molecule has 4 N–H and O–H groups in total. The van der Waals surface area contributed by atoms with Crippen LogP contribution >= 0.6 is 0 Å². The van der Waals surface area contributed by atoms with E-state index >= 15 is 0 Å². The number of aromatic amines is 2. The number of fused-ring (bicyclic) bond motifs is 6. The molecule has 0 saturated carbocycles. The number of nitrogens with zero attached hydrogens (tertiary/aromatic N) is 4. The highest BCUT2D eigenvalue weighted by atomic mass is 16.5. The Hall–Kier alpha value is -6.20. The Balaban J connectivity index is 1.05.